The fraction of sp³-hybridized carbons (Fsp3) is 0.625. The molecule has 1 unspecified atom stereocenters. The predicted octanol–water partition coefficient (Wildman–Crippen LogP) is 4.20. The Bertz CT molecular complexity index is 485. The van der Waals surface area contributed by atoms with Crippen molar-refractivity contribution in [1.29, 1.82) is 0 Å². The molecule has 3 rings (SSSR count). The van der Waals surface area contributed by atoms with E-state index in [1.54, 1.807) is 0 Å². The maximum Gasteiger partial charge on any atom is 0.130 e. The van der Waals surface area contributed by atoms with Gasteiger partial charge >= 0.3 is 0 Å². The van der Waals surface area contributed by atoms with Gasteiger partial charge in [-0.3, -0.25) is 0 Å². The van der Waals surface area contributed by atoms with Crippen LogP contribution in [0.25, 0.3) is 0 Å². The second-order valence-electron chi connectivity index (χ2n) is 6.27. The number of hydrogen-bond acceptors (Lipinski definition) is 2. The third kappa shape index (κ3) is 2.92. The molecule has 1 N–H and O–H groups in total. The molecule has 1 aliphatic heterocycles. The summed E-state index contributed by atoms with van der Waals surface area (Å²) in [7, 11) is 0. The Morgan fingerprint density at radius 1 is 1.35 bits per heavy atom. The van der Waals surface area contributed by atoms with Crippen molar-refractivity contribution in [3.8, 4) is 0 Å². The first-order chi connectivity index (χ1) is 9.58. The number of rotatable bonds is 1. The van der Waals surface area contributed by atoms with Crippen LogP contribution in [0.15, 0.2) is 22.7 Å². The lowest BCUT2D eigenvalue weighted by molar-refractivity contribution is -0.141. The van der Waals surface area contributed by atoms with Gasteiger partial charge in [0.2, 0.25) is 0 Å². The summed E-state index contributed by atoms with van der Waals surface area (Å²) >= 11 is 3.30. The summed E-state index contributed by atoms with van der Waals surface area (Å²) in [5.41, 5.74) is 0.577. The molecule has 0 radical (unpaired) electrons. The molecular weight excluding hydrogens is 321 g/mol. The summed E-state index contributed by atoms with van der Waals surface area (Å²) in [6, 6.07) is 5.23. The van der Waals surface area contributed by atoms with Crippen LogP contribution in [0.1, 0.15) is 44.3 Å². The molecule has 1 atom stereocenters. The van der Waals surface area contributed by atoms with Gasteiger partial charge in [0.1, 0.15) is 5.82 Å². The fourth-order valence-corrected chi connectivity index (χ4v) is 3.67. The zero-order valence-electron chi connectivity index (χ0n) is 11.8. The van der Waals surface area contributed by atoms with Crippen molar-refractivity contribution in [1.82, 2.24) is 5.32 Å². The fourth-order valence-electron chi connectivity index (χ4n) is 3.34. The van der Waals surface area contributed by atoms with Gasteiger partial charge in [0.15, 0.2) is 0 Å². The smallest absolute Gasteiger partial charge is 0.130 e. The van der Waals surface area contributed by atoms with Gasteiger partial charge in [-0.1, -0.05) is 28.9 Å². The zero-order valence-corrected chi connectivity index (χ0v) is 13.4. The van der Waals surface area contributed by atoms with Crippen LogP contribution >= 0.6 is 15.9 Å². The lowest BCUT2D eigenvalue weighted by atomic mass is 9.78. The Morgan fingerprint density at radius 2 is 2.10 bits per heavy atom. The highest BCUT2D eigenvalue weighted by atomic mass is 79.9. The van der Waals surface area contributed by atoms with E-state index in [0.29, 0.717) is 12.1 Å². The minimum atomic E-state index is -0.188. The number of ether oxygens (including phenoxy) is 1. The monoisotopic (exact) mass is 341 g/mol. The van der Waals surface area contributed by atoms with Crippen LogP contribution in [0.3, 0.4) is 0 Å². The first-order valence-electron chi connectivity index (χ1n) is 7.41. The maximum atomic E-state index is 14.1. The van der Waals surface area contributed by atoms with Crippen molar-refractivity contribution in [2.45, 2.75) is 44.3 Å². The minimum absolute atomic E-state index is 0.0884. The molecule has 4 heteroatoms. The Kier molecular flexibility index (Phi) is 4.16. The van der Waals surface area contributed by atoms with E-state index in [2.05, 4.69) is 28.2 Å². The summed E-state index contributed by atoms with van der Waals surface area (Å²) in [5, 5.41) is 3.45. The van der Waals surface area contributed by atoms with E-state index in [1.807, 2.05) is 12.1 Å². The van der Waals surface area contributed by atoms with Crippen molar-refractivity contribution in [3.63, 3.8) is 0 Å². The molecule has 1 aromatic carbocycles. The van der Waals surface area contributed by atoms with Crippen LogP contribution in [-0.4, -0.2) is 18.7 Å². The van der Waals surface area contributed by atoms with Crippen molar-refractivity contribution >= 4 is 15.9 Å². The summed E-state index contributed by atoms with van der Waals surface area (Å²) in [6.45, 7) is 3.89. The molecule has 1 heterocycles. The maximum absolute atomic E-state index is 14.1. The highest BCUT2D eigenvalue weighted by Crippen LogP contribution is 2.40. The number of hydrogen-bond donors (Lipinski definition) is 1. The summed E-state index contributed by atoms with van der Waals surface area (Å²) in [6.07, 6.45) is 4.39. The van der Waals surface area contributed by atoms with E-state index in [9.17, 15) is 4.39 Å². The van der Waals surface area contributed by atoms with Crippen molar-refractivity contribution in [2.75, 3.05) is 13.1 Å². The number of halogens is 2. The van der Waals surface area contributed by atoms with E-state index in [0.717, 1.165) is 29.8 Å². The molecule has 0 amide bonds. The summed E-state index contributed by atoms with van der Waals surface area (Å²) < 4.78 is 21.2. The van der Waals surface area contributed by atoms with Crippen LogP contribution in [0, 0.1) is 11.7 Å². The van der Waals surface area contributed by atoms with Crippen LogP contribution in [-0.2, 0) is 4.74 Å². The number of nitrogens with one attached hydrogen (secondary N) is 1. The molecule has 0 aromatic heterocycles. The van der Waals surface area contributed by atoms with Crippen LogP contribution in [0.2, 0.25) is 0 Å². The summed E-state index contributed by atoms with van der Waals surface area (Å²) in [5.74, 6) is 0.599. The minimum Gasteiger partial charge on any atom is -0.364 e. The highest BCUT2D eigenvalue weighted by Gasteiger charge is 2.40. The zero-order chi connectivity index (χ0) is 14.2. The lowest BCUT2D eigenvalue weighted by Gasteiger charge is -2.45. The predicted molar refractivity (Wildman–Crippen MR) is 81.2 cm³/mol. The third-order valence-corrected chi connectivity index (χ3v) is 5.16. The number of morpholine rings is 1. The normalized spacial score (nSPS) is 34.4. The second-order valence-corrected chi connectivity index (χ2v) is 7.18. The first kappa shape index (κ1) is 14.5. The van der Waals surface area contributed by atoms with Gasteiger partial charge in [0, 0.05) is 23.1 Å². The van der Waals surface area contributed by atoms with E-state index in [4.69, 9.17) is 4.74 Å². The van der Waals surface area contributed by atoms with E-state index >= 15 is 0 Å². The second kappa shape index (κ2) is 5.74. The first-order valence-corrected chi connectivity index (χ1v) is 8.21. The Balaban J connectivity index is 1.78. The van der Waals surface area contributed by atoms with Crippen LogP contribution in [0.4, 0.5) is 4.39 Å². The van der Waals surface area contributed by atoms with Gasteiger partial charge in [-0.05, 0) is 43.7 Å². The topological polar surface area (TPSA) is 21.3 Å². The molecule has 0 bridgehead atoms. The van der Waals surface area contributed by atoms with Gasteiger partial charge in [-0.2, -0.15) is 0 Å². The van der Waals surface area contributed by atoms with E-state index in [-0.39, 0.29) is 17.5 Å². The molecule has 1 saturated heterocycles. The van der Waals surface area contributed by atoms with Crippen molar-refractivity contribution in [2.24, 2.45) is 5.92 Å². The molecule has 20 heavy (non-hydrogen) atoms. The van der Waals surface area contributed by atoms with E-state index < -0.39 is 0 Å². The van der Waals surface area contributed by atoms with Gasteiger partial charge in [-0.15, -0.1) is 0 Å². The highest BCUT2D eigenvalue weighted by molar-refractivity contribution is 9.10. The van der Waals surface area contributed by atoms with Crippen LogP contribution < -0.4 is 5.32 Å². The Hall–Kier alpha value is -0.450. The SMILES string of the molecule is CC1CCC2(CC1)CNCC(c1ccc(Br)cc1F)O2. The van der Waals surface area contributed by atoms with Crippen molar-refractivity contribution < 1.29 is 9.13 Å². The van der Waals surface area contributed by atoms with Gasteiger partial charge in [0.25, 0.3) is 0 Å². The molecule has 1 aromatic rings. The molecule has 2 fully saturated rings. The Labute approximate surface area is 128 Å². The Morgan fingerprint density at radius 3 is 2.80 bits per heavy atom. The van der Waals surface area contributed by atoms with Crippen molar-refractivity contribution in [3.05, 3.63) is 34.1 Å². The molecule has 1 saturated carbocycles. The molecule has 1 aliphatic carbocycles. The molecule has 110 valence electrons. The molecule has 1 spiro atoms. The average Bonchev–Trinajstić information content (AvgIpc) is 2.43. The summed E-state index contributed by atoms with van der Waals surface area (Å²) in [4.78, 5) is 0. The average molecular weight is 342 g/mol. The lowest BCUT2D eigenvalue weighted by Crippen LogP contribution is -2.52. The third-order valence-electron chi connectivity index (χ3n) is 4.66. The van der Waals surface area contributed by atoms with Gasteiger partial charge < -0.3 is 10.1 Å². The standard InChI is InChI=1S/C16H21BrFNO/c1-11-4-6-16(7-5-11)10-19-9-15(20-16)13-3-2-12(17)8-14(13)18/h2-3,8,11,15,19H,4-7,9-10H2,1H3. The molecule has 2 nitrogen and oxygen atoms in total. The quantitative estimate of drug-likeness (QED) is 0.826. The number of benzene rings is 1. The van der Waals surface area contributed by atoms with Gasteiger partial charge in [0.05, 0.1) is 11.7 Å². The van der Waals surface area contributed by atoms with Crippen LogP contribution in [0.5, 0.6) is 0 Å². The van der Waals surface area contributed by atoms with Gasteiger partial charge in [-0.25, -0.2) is 4.39 Å². The van der Waals surface area contributed by atoms with E-state index in [1.165, 1.54) is 18.9 Å². The largest absolute Gasteiger partial charge is 0.364 e. The molecular formula is C16H21BrFNO. The molecule has 2 aliphatic rings.